The van der Waals surface area contributed by atoms with Gasteiger partial charge in [0.05, 0.1) is 0 Å². The average molecular weight is 454 g/mol. The summed E-state index contributed by atoms with van der Waals surface area (Å²) in [6, 6.07) is 14.5. The lowest BCUT2D eigenvalue weighted by Crippen LogP contribution is -2.47. The third-order valence-electron chi connectivity index (χ3n) is 5.25. The molecule has 0 radical (unpaired) electrons. The highest BCUT2D eigenvalue weighted by Crippen LogP contribution is 2.26. The molecule has 1 atom stereocenters. The molecule has 0 aromatic heterocycles. The van der Waals surface area contributed by atoms with Crippen molar-refractivity contribution in [3.63, 3.8) is 0 Å². The van der Waals surface area contributed by atoms with Crippen molar-refractivity contribution in [2.24, 2.45) is 0 Å². The molecular weight excluding hydrogens is 418 g/mol. The van der Waals surface area contributed by atoms with Crippen LogP contribution in [0.5, 0.6) is 0 Å². The number of aryl methyl sites for hydroxylation is 1. The van der Waals surface area contributed by atoms with E-state index in [0.717, 1.165) is 22.3 Å². The number of amides is 3. The smallest absolute Gasteiger partial charge is 0.408 e. The molecule has 0 aliphatic carbocycles. The second-order valence-electron chi connectivity index (χ2n) is 8.93. The number of rotatable bonds is 8. The Bertz CT molecular complexity index is 967. The van der Waals surface area contributed by atoms with Gasteiger partial charge >= 0.3 is 6.09 Å². The summed E-state index contributed by atoms with van der Waals surface area (Å²) in [5.41, 5.74) is 3.03. The van der Waals surface area contributed by atoms with Gasteiger partial charge in [-0.2, -0.15) is 0 Å². The Morgan fingerprint density at radius 3 is 2.24 bits per heavy atom. The van der Waals surface area contributed by atoms with Gasteiger partial charge in [0.2, 0.25) is 11.8 Å². The highest BCUT2D eigenvalue weighted by molar-refractivity contribution is 5.90. The summed E-state index contributed by atoms with van der Waals surface area (Å²) in [6.45, 7) is 11.4. The van der Waals surface area contributed by atoms with E-state index in [9.17, 15) is 14.4 Å². The molecule has 0 saturated heterocycles. The van der Waals surface area contributed by atoms with E-state index in [4.69, 9.17) is 4.74 Å². The van der Waals surface area contributed by atoms with Crippen LogP contribution in [-0.2, 0) is 20.9 Å². The van der Waals surface area contributed by atoms with Gasteiger partial charge in [-0.25, -0.2) is 4.79 Å². The number of carbonyl (C=O) groups is 3. The SMILES string of the molecule is CCN(C(=O)CNC(=O)OC(C)(C)C)C(C(=O)NCc1ccccc1)c1cccc(C)c1C. The van der Waals surface area contributed by atoms with Crippen LogP contribution in [0.1, 0.15) is 56.0 Å². The standard InChI is InChI=1S/C26H35N3O4/c1-7-29(22(30)17-28-25(32)33-26(4,5)6)23(21-15-11-12-18(2)19(21)3)24(31)27-16-20-13-9-8-10-14-20/h8-15,23H,7,16-17H2,1-6H3,(H,27,31)(H,28,32). The summed E-state index contributed by atoms with van der Waals surface area (Å²) in [5, 5.41) is 5.46. The third-order valence-corrected chi connectivity index (χ3v) is 5.25. The number of hydrogen-bond acceptors (Lipinski definition) is 4. The van der Waals surface area contributed by atoms with Gasteiger partial charge in [-0.3, -0.25) is 9.59 Å². The highest BCUT2D eigenvalue weighted by Gasteiger charge is 2.32. The van der Waals surface area contributed by atoms with Gasteiger partial charge in [-0.1, -0.05) is 48.5 Å². The van der Waals surface area contributed by atoms with Gasteiger partial charge in [-0.05, 0) is 63.8 Å². The first-order valence-corrected chi connectivity index (χ1v) is 11.2. The Morgan fingerprint density at radius 1 is 0.970 bits per heavy atom. The van der Waals surface area contributed by atoms with E-state index in [2.05, 4.69) is 10.6 Å². The first-order chi connectivity index (χ1) is 15.5. The van der Waals surface area contributed by atoms with Crippen molar-refractivity contribution in [1.29, 1.82) is 0 Å². The lowest BCUT2D eigenvalue weighted by molar-refractivity contribution is -0.140. The second-order valence-corrected chi connectivity index (χ2v) is 8.93. The minimum absolute atomic E-state index is 0.268. The molecule has 7 nitrogen and oxygen atoms in total. The topological polar surface area (TPSA) is 87.7 Å². The maximum Gasteiger partial charge on any atom is 0.408 e. The van der Waals surface area contributed by atoms with Crippen molar-refractivity contribution in [2.75, 3.05) is 13.1 Å². The number of likely N-dealkylation sites (N-methyl/N-ethyl adjacent to an activating group) is 1. The maximum atomic E-state index is 13.4. The van der Waals surface area contributed by atoms with Crippen LogP contribution in [0.15, 0.2) is 48.5 Å². The van der Waals surface area contributed by atoms with Crippen molar-refractivity contribution >= 4 is 17.9 Å². The highest BCUT2D eigenvalue weighted by atomic mass is 16.6. The first-order valence-electron chi connectivity index (χ1n) is 11.2. The zero-order chi connectivity index (χ0) is 24.6. The molecule has 3 amide bonds. The van der Waals surface area contributed by atoms with Crippen LogP contribution in [0.2, 0.25) is 0 Å². The largest absolute Gasteiger partial charge is 0.444 e. The molecule has 2 aromatic rings. The Hall–Kier alpha value is -3.35. The molecule has 0 aliphatic rings. The van der Waals surface area contributed by atoms with E-state index in [1.807, 2.05) is 69.3 Å². The molecule has 0 bridgehead atoms. The van der Waals surface area contributed by atoms with Crippen LogP contribution < -0.4 is 10.6 Å². The van der Waals surface area contributed by atoms with Crippen molar-refractivity contribution in [1.82, 2.24) is 15.5 Å². The predicted octanol–water partition coefficient (Wildman–Crippen LogP) is 4.03. The minimum atomic E-state index is -0.827. The van der Waals surface area contributed by atoms with Crippen molar-refractivity contribution in [3.8, 4) is 0 Å². The summed E-state index contributed by atoms with van der Waals surface area (Å²) in [5.74, 6) is -0.649. The number of alkyl carbamates (subject to hydrolysis) is 1. The molecule has 2 N–H and O–H groups in total. The van der Waals surface area contributed by atoms with Gasteiger partial charge in [0.15, 0.2) is 0 Å². The normalized spacial score (nSPS) is 11.9. The molecule has 0 saturated carbocycles. The third kappa shape index (κ3) is 7.63. The van der Waals surface area contributed by atoms with Crippen LogP contribution in [-0.4, -0.2) is 41.5 Å². The molecule has 0 heterocycles. The molecule has 2 aromatic carbocycles. The minimum Gasteiger partial charge on any atom is -0.444 e. The molecule has 33 heavy (non-hydrogen) atoms. The van der Waals surface area contributed by atoms with Crippen LogP contribution in [0, 0.1) is 13.8 Å². The molecule has 0 spiro atoms. The second kappa shape index (κ2) is 11.5. The summed E-state index contributed by atoms with van der Waals surface area (Å²) < 4.78 is 5.22. The monoisotopic (exact) mass is 453 g/mol. The zero-order valence-electron chi connectivity index (χ0n) is 20.4. The lowest BCUT2D eigenvalue weighted by atomic mass is 9.95. The number of carbonyl (C=O) groups excluding carboxylic acids is 3. The van der Waals surface area contributed by atoms with E-state index in [1.54, 1.807) is 20.8 Å². The van der Waals surface area contributed by atoms with Gasteiger partial charge < -0.3 is 20.3 Å². The Morgan fingerprint density at radius 2 is 1.64 bits per heavy atom. The molecule has 2 rings (SSSR count). The van der Waals surface area contributed by atoms with E-state index in [1.165, 1.54) is 4.90 Å². The van der Waals surface area contributed by atoms with E-state index >= 15 is 0 Å². The van der Waals surface area contributed by atoms with Gasteiger partial charge in [0.25, 0.3) is 0 Å². The number of ether oxygens (including phenoxy) is 1. The lowest BCUT2D eigenvalue weighted by Gasteiger charge is -2.32. The number of nitrogens with one attached hydrogen (secondary N) is 2. The number of nitrogens with zero attached hydrogens (tertiary/aromatic N) is 1. The van der Waals surface area contributed by atoms with Gasteiger partial charge in [0.1, 0.15) is 18.2 Å². The number of hydrogen-bond donors (Lipinski definition) is 2. The average Bonchev–Trinajstić information content (AvgIpc) is 2.76. The summed E-state index contributed by atoms with van der Waals surface area (Å²) >= 11 is 0. The van der Waals surface area contributed by atoms with Gasteiger partial charge in [0, 0.05) is 13.1 Å². The molecule has 7 heteroatoms. The molecule has 0 aliphatic heterocycles. The van der Waals surface area contributed by atoms with Crippen LogP contribution in [0.25, 0.3) is 0 Å². The molecule has 0 fully saturated rings. The summed E-state index contributed by atoms with van der Waals surface area (Å²) in [7, 11) is 0. The maximum absolute atomic E-state index is 13.4. The molecular formula is C26H35N3O4. The Kier molecular flexibility index (Phi) is 9.02. The van der Waals surface area contributed by atoms with Crippen LogP contribution in [0.4, 0.5) is 4.79 Å². The first kappa shape index (κ1) is 25.9. The Labute approximate surface area is 196 Å². The number of benzene rings is 2. The molecule has 178 valence electrons. The Balaban J connectivity index is 2.26. The van der Waals surface area contributed by atoms with Crippen molar-refractivity contribution < 1.29 is 19.1 Å². The fraction of sp³-hybridized carbons (Fsp3) is 0.423. The fourth-order valence-electron chi connectivity index (χ4n) is 3.47. The summed E-state index contributed by atoms with van der Waals surface area (Å²) in [4.78, 5) is 40.0. The van der Waals surface area contributed by atoms with Crippen LogP contribution in [0.3, 0.4) is 0 Å². The zero-order valence-corrected chi connectivity index (χ0v) is 20.4. The van der Waals surface area contributed by atoms with Crippen molar-refractivity contribution in [3.05, 3.63) is 70.8 Å². The van der Waals surface area contributed by atoms with Crippen molar-refractivity contribution in [2.45, 2.75) is 59.7 Å². The summed E-state index contributed by atoms with van der Waals surface area (Å²) in [6.07, 6.45) is -0.677. The van der Waals surface area contributed by atoms with Gasteiger partial charge in [-0.15, -0.1) is 0 Å². The van der Waals surface area contributed by atoms with E-state index in [-0.39, 0.29) is 18.4 Å². The predicted molar refractivity (Wildman–Crippen MR) is 129 cm³/mol. The quantitative estimate of drug-likeness (QED) is 0.632. The van der Waals surface area contributed by atoms with Crippen LogP contribution >= 0.6 is 0 Å². The van der Waals surface area contributed by atoms with E-state index < -0.39 is 17.7 Å². The van der Waals surface area contributed by atoms with E-state index in [0.29, 0.717) is 13.1 Å². The fourth-order valence-corrected chi connectivity index (χ4v) is 3.47. The molecule has 1 unspecified atom stereocenters.